The summed E-state index contributed by atoms with van der Waals surface area (Å²) >= 11 is 0. The van der Waals surface area contributed by atoms with Crippen molar-refractivity contribution in [1.82, 2.24) is 4.72 Å². The molecule has 0 bridgehead atoms. The molecule has 0 aliphatic rings. The minimum absolute atomic E-state index is 0.244. The zero-order valence-corrected chi connectivity index (χ0v) is 23.0. The van der Waals surface area contributed by atoms with Gasteiger partial charge in [0.05, 0.1) is 24.2 Å². The Bertz CT molecular complexity index is 1230. The summed E-state index contributed by atoms with van der Waals surface area (Å²) in [4.78, 5) is 2.43. The minimum Gasteiger partial charge on any atom is -0.383 e. The van der Waals surface area contributed by atoms with E-state index >= 15 is 0 Å². The van der Waals surface area contributed by atoms with E-state index in [2.05, 4.69) is 28.7 Å². The van der Waals surface area contributed by atoms with Crippen molar-refractivity contribution in [1.29, 1.82) is 0 Å². The smallest absolute Gasteiger partial charge is 0.241 e. The second kappa shape index (κ2) is 12.5. The van der Waals surface area contributed by atoms with Crippen molar-refractivity contribution in [2.45, 2.75) is 38.6 Å². The number of rotatable bonds is 12. The molecule has 0 saturated carbocycles. The summed E-state index contributed by atoms with van der Waals surface area (Å²) in [5.74, 6) is 0. The van der Waals surface area contributed by atoms with Crippen LogP contribution >= 0.6 is 0 Å². The Morgan fingerprint density at radius 2 is 1.36 bits per heavy atom. The summed E-state index contributed by atoms with van der Waals surface area (Å²) in [6.07, 6.45) is 0. The first-order valence-corrected chi connectivity index (χ1v) is 13.6. The Balaban J connectivity index is 2.19. The van der Waals surface area contributed by atoms with Crippen molar-refractivity contribution in [3.05, 3.63) is 94.0 Å². The molecule has 0 heterocycles. The van der Waals surface area contributed by atoms with Crippen LogP contribution in [-0.2, 0) is 19.5 Å². The third-order valence-electron chi connectivity index (χ3n) is 6.35. The lowest BCUT2D eigenvalue weighted by molar-refractivity contribution is 0.190. The van der Waals surface area contributed by atoms with Gasteiger partial charge < -0.3 is 14.4 Å². The van der Waals surface area contributed by atoms with E-state index < -0.39 is 16.1 Å². The third-order valence-corrected chi connectivity index (χ3v) is 7.79. The third kappa shape index (κ3) is 6.73. The van der Waals surface area contributed by atoms with Gasteiger partial charge in [-0.25, -0.2) is 8.42 Å². The molecule has 1 unspecified atom stereocenters. The first-order valence-electron chi connectivity index (χ1n) is 12.2. The average Bonchev–Trinajstić information content (AvgIpc) is 2.83. The molecule has 0 spiro atoms. The van der Waals surface area contributed by atoms with Crippen molar-refractivity contribution in [2.24, 2.45) is 0 Å². The highest BCUT2D eigenvalue weighted by atomic mass is 32.2. The monoisotopic (exact) mass is 510 g/mol. The molecule has 3 aromatic rings. The second-order valence-corrected chi connectivity index (χ2v) is 10.9. The van der Waals surface area contributed by atoms with Gasteiger partial charge >= 0.3 is 0 Å². The van der Waals surface area contributed by atoms with Gasteiger partial charge in [-0.1, -0.05) is 53.6 Å². The molecular weight excluding hydrogens is 472 g/mol. The Kier molecular flexibility index (Phi) is 9.68. The number of para-hydroxylation sites is 1. The summed E-state index contributed by atoms with van der Waals surface area (Å²) in [6, 6.07) is 18.5. The lowest BCUT2D eigenvalue weighted by Crippen LogP contribution is -2.35. The number of sulfonamides is 1. The van der Waals surface area contributed by atoms with Crippen LogP contribution in [0, 0.1) is 27.7 Å². The van der Waals surface area contributed by atoms with E-state index in [1.807, 2.05) is 57.2 Å². The van der Waals surface area contributed by atoms with E-state index in [9.17, 15) is 8.42 Å². The molecule has 0 fully saturated rings. The van der Waals surface area contributed by atoms with Crippen LogP contribution in [0.4, 0.5) is 5.69 Å². The maximum Gasteiger partial charge on any atom is 0.241 e. The zero-order valence-electron chi connectivity index (χ0n) is 22.2. The van der Waals surface area contributed by atoms with Crippen molar-refractivity contribution in [3.8, 4) is 0 Å². The molecule has 0 aliphatic carbocycles. The van der Waals surface area contributed by atoms with Gasteiger partial charge in [0.1, 0.15) is 0 Å². The number of hydrogen-bond acceptors (Lipinski definition) is 5. The van der Waals surface area contributed by atoms with E-state index in [1.165, 1.54) is 0 Å². The standard InChI is InChI=1S/C29H38N2O4S/c1-21-11-13-25(14-12-21)36(32,33)30-29(28-23(3)19-22(2)20-24(28)4)26-9-7-8-10-27(26)31(15-17-34-5)16-18-35-6/h7-14,19-20,29-30H,15-18H2,1-6H3. The van der Waals surface area contributed by atoms with E-state index in [0.29, 0.717) is 26.3 Å². The van der Waals surface area contributed by atoms with E-state index in [-0.39, 0.29) is 4.90 Å². The largest absolute Gasteiger partial charge is 0.383 e. The average molecular weight is 511 g/mol. The maximum atomic E-state index is 13.7. The van der Waals surface area contributed by atoms with Crippen molar-refractivity contribution < 1.29 is 17.9 Å². The van der Waals surface area contributed by atoms with Crippen LogP contribution in [0.3, 0.4) is 0 Å². The van der Waals surface area contributed by atoms with E-state index in [1.54, 1.807) is 26.4 Å². The predicted molar refractivity (Wildman–Crippen MR) is 146 cm³/mol. The molecule has 3 rings (SSSR count). The predicted octanol–water partition coefficient (Wildman–Crippen LogP) is 5.09. The SMILES string of the molecule is COCCN(CCOC)c1ccccc1C(NS(=O)(=O)c1ccc(C)cc1)c1c(C)cc(C)cc1C. The Morgan fingerprint density at radius 1 is 0.806 bits per heavy atom. The number of hydrogen-bond donors (Lipinski definition) is 1. The van der Waals surface area contributed by atoms with E-state index in [0.717, 1.165) is 39.1 Å². The van der Waals surface area contributed by atoms with Gasteiger partial charge in [-0.05, 0) is 68.1 Å². The Hall–Kier alpha value is -2.71. The number of benzene rings is 3. The number of ether oxygens (including phenoxy) is 2. The topological polar surface area (TPSA) is 67.9 Å². The fourth-order valence-electron chi connectivity index (χ4n) is 4.64. The maximum absolute atomic E-state index is 13.7. The van der Waals surface area contributed by atoms with Gasteiger partial charge in [0.15, 0.2) is 0 Å². The van der Waals surface area contributed by atoms with Crippen molar-refractivity contribution in [2.75, 3.05) is 45.4 Å². The molecule has 1 atom stereocenters. The van der Waals surface area contributed by atoms with Gasteiger partial charge in [-0.2, -0.15) is 4.72 Å². The van der Waals surface area contributed by atoms with Crippen LogP contribution in [0.2, 0.25) is 0 Å². The fraction of sp³-hybridized carbons (Fsp3) is 0.379. The molecule has 0 amide bonds. The van der Waals surface area contributed by atoms with Gasteiger partial charge in [-0.3, -0.25) is 0 Å². The highest BCUT2D eigenvalue weighted by molar-refractivity contribution is 7.89. The van der Waals surface area contributed by atoms with Gasteiger partial charge in [0.25, 0.3) is 0 Å². The highest BCUT2D eigenvalue weighted by Gasteiger charge is 2.28. The molecule has 6 nitrogen and oxygen atoms in total. The van der Waals surface area contributed by atoms with Crippen molar-refractivity contribution >= 4 is 15.7 Å². The zero-order chi connectivity index (χ0) is 26.3. The second-order valence-electron chi connectivity index (χ2n) is 9.21. The molecule has 0 saturated heterocycles. The molecule has 0 radical (unpaired) electrons. The number of nitrogens with zero attached hydrogens (tertiary/aromatic N) is 1. The lowest BCUT2D eigenvalue weighted by Gasteiger charge is -2.31. The highest BCUT2D eigenvalue weighted by Crippen LogP contribution is 2.36. The first kappa shape index (κ1) is 27.9. The quantitative estimate of drug-likeness (QED) is 0.368. The fourth-order valence-corrected chi connectivity index (χ4v) is 5.83. The van der Waals surface area contributed by atoms with Crippen LogP contribution in [-0.4, -0.2) is 48.9 Å². The molecular formula is C29H38N2O4S. The minimum atomic E-state index is -3.81. The summed E-state index contributed by atoms with van der Waals surface area (Å²) in [5.41, 5.74) is 7.02. The van der Waals surface area contributed by atoms with Crippen molar-refractivity contribution in [3.63, 3.8) is 0 Å². The Labute approximate surface area is 216 Å². The summed E-state index contributed by atoms with van der Waals surface area (Å²) in [7, 11) is -0.453. The molecule has 3 aromatic carbocycles. The van der Waals surface area contributed by atoms with Crippen LogP contribution < -0.4 is 9.62 Å². The van der Waals surface area contributed by atoms with Crippen LogP contribution in [0.5, 0.6) is 0 Å². The summed E-state index contributed by atoms with van der Waals surface area (Å²) < 4.78 is 41.1. The number of methoxy groups -OCH3 is 2. The van der Waals surface area contributed by atoms with Gasteiger partial charge in [0.2, 0.25) is 10.0 Å². The van der Waals surface area contributed by atoms with Gasteiger partial charge in [-0.15, -0.1) is 0 Å². The normalized spacial score (nSPS) is 12.5. The van der Waals surface area contributed by atoms with Crippen LogP contribution in [0.25, 0.3) is 0 Å². The molecule has 7 heteroatoms. The molecule has 1 N–H and O–H groups in total. The van der Waals surface area contributed by atoms with Gasteiger partial charge in [0, 0.05) is 33.0 Å². The molecule has 194 valence electrons. The summed E-state index contributed by atoms with van der Waals surface area (Å²) in [6.45, 7) is 10.5. The number of anilines is 1. The van der Waals surface area contributed by atoms with E-state index in [4.69, 9.17) is 9.47 Å². The molecule has 0 aliphatic heterocycles. The first-order chi connectivity index (χ1) is 17.2. The number of aryl methyl sites for hydroxylation is 4. The Morgan fingerprint density at radius 3 is 1.92 bits per heavy atom. The lowest BCUT2D eigenvalue weighted by atomic mass is 9.89. The summed E-state index contributed by atoms with van der Waals surface area (Å²) in [5, 5.41) is 0. The number of nitrogens with one attached hydrogen (secondary N) is 1. The van der Waals surface area contributed by atoms with Crippen LogP contribution in [0.15, 0.2) is 65.6 Å². The molecule has 36 heavy (non-hydrogen) atoms. The van der Waals surface area contributed by atoms with Crippen LogP contribution in [0.1, 0.15) is 39.4 Å². The molecule has 0 aromatic heterocycles.